The number of rotatable bonds is 11. The lowest BCUT2D eigenvalue weighted by Gasteiger charge is -2.44. The minimum absolute atomic E-state index is 0.0790. The molecule has 0 aromatic heterocycles. The summed E-state index contributed by atoms with van der Waals surface area (Å²) in [5, 5.41) is 12.8. The predicted octanol–water partition coefficient (Wildman–Crippen LogP) is 3.80. The third-order valence-electron chi connectivity index (χ3n) is 6.44. The van der Waals surface area contributed by atoms with Gasteiger partial charge in [0.05, 0.1) is 24.1 Å². The summed E-state index contributed by atoms with van der Waals surface area (Å²) in [6.07, 6.45) is 0. The molecular weight excluding hydrogens is 643 g/mol. The van der Waals surface area contributed by atoms with Gasteiger partial charge in [-0.25, -0.2) is 8.42 Å². The van der Waals surface area contributed by atoms with Crippen LogP contribution in [-0.4, -0.2) is 61.7 Å². The van der Waals surface area contributed by atoms with E-state index in [1.165, 1.54) is 18.2 Å². The van der Waals surface area contributed by atoms with Crippen molar-refractivity contribution < 1.29 is 23.1 Å². The average Bonchev–Trinajstić information content (AvgIpc) is 2.86. The number of nitrogens with zero attached hydrogens (tertiary/aromatic N) is 1. The first-order valence-electron chi connectivity index (χ1n) is 12.2. The molecule has 3 aromatic rings. The number of aliphatic hydroxyl groups excluding tert-OH is 1. The molecule has 2 amide bonds. The van der Waals surface area contributed by atoms with Gasteiger partial charge >= 0.3 is 0 Å². The van der Waals surface area contributed by atoms with Crippen LogP contribution in [0.4, 0.5) is 5.69 Å². The highest BCUT2D eigenvalue weighted by molar-refractivity contribution is 9.10. The van der Waals surface area contributed by atoms with Crippen molar-refractivity contribution in [1.29, 1.82) is 0 Å². The quantitative estimate of drug-likeness (QED) is 0.245. The van der Waals surface area contributed by atoms with Crippen molar-refractivity contribution in [3.63, 3.8) is 0 Å². The van der Waals surface area contributed by atoms with E-state index >= 15 is 0 Å². The van der Waals surface area contributed by atoms with Crippen LogP contribution in [0.2, 0.25) is 10.0 Å². The molecule has 13 heteroatoms. The Morgan fingerprint density at radius 2 is 1.55 bits per heavy atom. The Bertz CT molecular complexity index is 1440. The standard InChI is InChI=1S/C27H27BrCl2N4O5S/c28-20-9-19(27(37)32-24(14-35)26(31)36)10-23(11-20)33-40(38,39)15-16-12-34(13-16)25(17-1-5-21(29)6-2-17)18-3-7-22(30)8-4-18/h1-11,16,24-25,33,35H,12-15H2,(H2,31,36)(H,32,37). The normalized spacial score (nSPS) is 14.9. The zero-order valence-corrected chi connectivity index (χ0v) is 25.0. The highest BCUT2D eigenvalue weighted by Gasteiger charge is 2.36. The molecule has 1 saturated heterocycles. The van der Waals surface area contributed by atoms with E-state index in [9.17, 15) is 23.1 Å². The van der Waals surface area contributed by atoms with Crippen LogP contribution < -0.4 is 15.8 Å². The van der Waals surface area contributed by atoms with E-state index in [0.29, 0.717) is 27.6 Å². The molecule has 0 radical (unpaired) electrons. The van der Waals surface area contributed by atoms with E-state index < -0.39 is 34.5 Å². The number of aliphatic hydroxyl groups is 1. The number of anilines is 1. The second-order valence-electron chi connectivity index (χ2n) is 9.55. The molecule has 3 aromatic carbocycles. The molecule has 4 rings (SSSR count). The van der Waals surface area contributed by atoms with E-state index in [-0.39, 0.29) is 29.0 Å². The zero-order chi connectivity index (χ0) is 29.0. The summed E-state index contributed by atoms with van der Waals surface area (Å²) in [6, 6.07) is 18.1. The van der Waals surface area contributed by atoms with Gasteiger partial charge in [-0.05, 0) is 53.6 Å². The predicted molar refractivity (Wildman–Crippen MR) is 159 cm³/mol. The van der Waals surface area contributed by atoms with Crippen LogP contribution in [-0.2, 0) is 14.8 Å². The van der Waals surface area contributed by atoms with Crippen molar-refractivity contribution in [3.05, 3.63) is 97.9 Å². The van der Waals surface area contributed by atoms with Gasteiger partial charge in [-0.3, -0.25) is 19.2 Å². The van der Waals surface area contributed by atoms with Gasteiger partial charge in [0.2, 0.25) is 15.9 Å². The van der Waals surface area contributed by atoms with Crippen LogP contribution in [0.25, 0.3) is 0 Å². The Morgan fingerprint density at radius 1 is 1.00 bits per heavy atom. The molecule has 0 aliphatic carbocycles. The van der Waals surface area contributed by atoms with E-state index in [1.54, 1.807) is 0 Å². The lowest BCUT2D eigenvalue weighted by Crippen LogP contribution is -2.51. The van der Waals surface area contributed by atoms with E-state index in [2.05, 4.69) is 30.9 Å². The summed E-state index contributed by atoms with van der Waals surface area (Å²) >= 11 is 15.5. The van der Waals surface area contributed by atoms with Gasteiger partial charge in [0.15, 0.2) is 0 Å². The van der Waals surface area contributed by atoms with E-state index in [0.717, 1.165) is 11.1 Å². The number of benzene rings is 3. The number of carbonyl (C=O) groups excluding carboxylic acids is 2. The lowest BCUT2D eigenvalue weighted by molar-refractivity contribution is -0.120. The Hall–Kier alpha value is -2.67. The van der Waals surface area contributed by atoms with Crippen LogP contribution in [0.3, 0.4) is 0 Å². The first-order valence-corrected chi connectivity index (χ1v) is 15.4. The minimum atomic E-state index is -3.76. The molecule has 1 unspecified atom stereocenters. The minimum Gasteiger partial charge on any atom is -0.394 e. The first-order chi connectivity index (χ1) is 18.9. The zero-order valence-electron chi connectivity index (χ0n) is 21.1. The van der Waals surface area contributed by atoms with Crippen LogP contribution in [0.1, 0.15) is 27.5 Å². The molecule has 1 atom stereocenters. The Balaban J connectivity index is 1.43. The number of halogens is 3. The third kappa shape index (κ3) is 7.74. The molecule has 40 heavy (non-hydrogen) atoms. The average molecular weight is 670 g/mol. The molecule has 1 aliphatic heterocycles. The SMILES string of the molecule is NC(=O)C(CO)NC(=O)c1cc(Br)cc(NS(=O)(=O)CC2CN(C(c3ccc(Cl)cc3)c3ccc(Cl)cc3)C2)c1. The Morgan fingerprint density at radius 3 is 2.05 bits per heavy atom. The Labute approximate surface area is 250 Å². The molecule has 5 N–H and O–H groups in total. The second-order valence-corrected chi connectivity index (χ2v) is 13.1. The number of amides is 2. The fraction of sp³-hybridized carbons (Fsp3) is 0.259. The fourth-order valence-corrected chi connectivity index (χ4v) is 6.73. The monoisotopic (exact) mass is 668 g/mol. The highest BCUT2D eigenvalue weighted by Crippen LogP contribution is 2.36. The largest absolute Gasteiger partial charge is 0.394 e. The fourth-order valence-electron chi connectivity index (χ4n) is 4.59. The number of hydrogen-bond donors (Lipinski definition) is 4. The maximum atomic E-state index is 13.0. The summed E-state index contributed by atoms with van der Waals surface area (Å²) in [5.74, 6) is -1.81. The first kappa shape index (κ1) is 30.3. The van der Waals surface area contributed by atoms with Crippen LogP contribution in [0.5, 0.6) is 0 Å². The van der Waals surface area contributed by atoms with Crippen molar-refractivity contribution in [3.8, 4) is 0 Å². The van der Waals surface area contributed by atoms with Crippen molar-refractivity contribution >= 4 is 66.7 Å². The van der Waals surface area contributed by atoms with Gasteiger partial charge in [0.25, 0.3) is 5.91 Å². The van der Waals surface area contributed by atoms with Gasteiger partial charge in [-0.2, -0.15) is 0 Å². The maximum Gasteiger partial charge on any atom is 0.252 e. The lowest BCUT2D eigenvalue weighted by atomic mass is 9.91. The number of carbonyl (C=O) groups is 2. The van der Waals surface area contributed by atoms with Crippen molar-refractivity contribution in [1.82, 2.24) is 10.2 Å². The van der Waals surface area contributed by atoms with Crippen molar-refractivity contribution in [2.45, 2.75) is 12.1 Å². The summed E-state index contributed by atoms with van der Waals surface area (Å²) in [4.78, 5) is 26.1. The number of primary amides is 1. The summed E-state index contributed by atoms with van der Waals surface area (Å²) < 4.78 is 29.0. The van der Waals surface area contributed by atoms with Gasteiger partial charge in [-0.15, -0.1) is 0 Å². The van der Waals surface area contributed by atoms with Crippen LogP contribution in [0.15, 0.2) is 71.2 Å². The summed E-state index contributed by atoms with van der Waals surface area (Å²) in [6.45, 7) is 0.446. The number of nitrogens with two attached hydrogens (primary N) is 1. The van der Waals surface area contributed by atoms with Crippen LogP contribution in [0, 0.1) is 5.92 Å². The molecule has 0 saturated carbocycles. The van der Waals surface area contributed by atoms with Crippen molar-refractivity contribution in [2.24, 2.45) is 11.7 Å². The molecule has 9 nitrogen and oxygen atoms in total. The molecule has 0 bridgehead atoms. The summed E-state index contributed by atoms with van der Waals surface area (Å²) in [5.41, 5.74) is 7.48. The van der Waals surface area contributed by atoms with Crippen molar-refractivity contribution in [2.75, 3.05) is 30.2 Å². The van der Waals surface area contributed by atoms with Gasteiger partial charge in [0, 0.05) is 39.1 Å². The van der Waals surface area contributed by atoms with E-state index in [4.69, 9.17) is 28.9 Å². The van der Waals surface area contributed by atoms with Gasteiger partial charge in [0.1, 0.15) is 6.04 Å². The summed E-state index contributed by atoms with van der Waals surface area (Å²) in [7, 11) is -3.76. The topological polar surface area (TPSA) is 142 Å². The molecule has 1 aliphatic rings. The second kappa shape index (κ2) is 12.9. The number of likely N-dealkylation sites (tertiary alicyclic amines) is 1. The third-order valence-corrected chi connectivity index (χ3v) is 8.86. The highest BCUT2D eigenvalue weighted by atomic mass is 79.9. The molecule has 1 heterocycles. The molecular formula is C27H27BrCl2N4O5S. The maximum absolute atomic E-state index is 13.0. The number of nitrogens with one attached hydrogen (secondary N) is 2. The van der Waals surface area contributed by atoms with Crippen LogP contribution >= 0.6 is 39.1 Å². The number of hydrogen-bond acceptors (Lipinski definition) is 6. The molecule has 1 fully saturated rings. The number of sulfonamides is 1. The molecule has 212 valence electrons. The van der Waals surface area contributed by atoms with Gasteiger partial charge < -0.3 is 16.2 Å². The molecule has 0 spiro atoms. The smallest absolute Gasteiger partial charge is 0.252 e. The Kier molecular flexibility index (Phi) is 9.76. The van der Waals surface area contributed by atoms with Gasteiger partial charge in [-0.1, -0.05) is 63.4 Å². The van der Waals surface area contributed by atoms with E-state index in [1.807, 2.05) is 48.5 Å².